The van der Waals surface area contributed by atoms with Crippen molar-refractivity contribution >= 4 is 17.5 Å². The van der Waals surface area contributed by atoms with E-state index in [-0.39, 0.29) is 12.1 Å². The molecule has 0 radical (unpaired) electrons. The van der Waals surface area contributed by atoms with Gasteiger partial charge in [-0.2, -0.15) is 5.26 Å². The predicted molar refractivity (Wildman–Crippen MR) is 48.9 cm³/mol. The summed E-state index contributed by atoms with van der Waals surface area (Å²) in [6.45, 7) is -0.0429. The summed E-state index contributed by atoms with van der Waals surface area (Å²) < 4.78 is 13.0. The van der Waals surface area contributed by atoms with Gasteiger partial charge in [-0.1, -0.05) is 11.6 Å². The highest BCUT2D eigenvalue weighted by Gasteiger charge is 2.04. The van der Waals surface area contributed by atoms with Crippen LogP contribution in [0.4, 0.5) is 4.39 Å². The van der Waals surface area contributed by atoms with Crippen LogP contribution >= 0.6 is 11.6 Å². The summed E-state index contributed by atoms with van der Waals surface area (Å²) in [4.78, 5) is 10.6. The lowest BCUT2D eigenvalue weighted by Gasteiger charge is -2.02. The summed E-state index contributed by atoms with van der Waals surface area (Å²) in [6.07, 6.45) is 0. The Balaban J connectivity index is 2.72. The largest absolute Gasteiger partial charge is 0.339 e. The lowest BCUT2D eigenvalue weighted by Crippen LogP contribution is -2.21. The number of nitriles is 1. The highest BCUT2D eigenvalue weighted by molar-refractivity contribution is 6.30. The Kier molecular flexibility index (Phi) is 3.43. The van der Waals surface area contributed by atoms with E-state index < -0.39 is 11.7 Å². The quantitative estimate of drug-likeness (QED) is 0.758. The van der Waals surface area contributed by atoms with Crippen molar-refractivity contribution in [3.8, 4) is 6.07 Å². The van der Waals surface area contributed by atoms with Gasteiger partial charge in [0.1, 0.15) is 5.82 Å². The van der Waals surface area contributed by atoms with Gasteiger partial charge in [-0.3, -0.25) is 4.79 Å². The minimum Gasteiger partial charge on any atom is -0.339 e. The van der Waals surface area contributed by atoms with Crippen LogP contribution in [-0.2, 0) is 11.3 Å². The van der Waals surface area contributed by atoms with Crippen molar-refractivity contribution < 1.29 is 9.18 Å². The molecule has 0 atom stereocenters. The van der Waals surface area contributed by atoms with Crippen molar-refractivity contribution in [2.45, 2.75) is 6.54 Å². The Hall–Kier alpha value is -1.60. The van der Waals surface area contributed by atoms with Crippen LogP contribution in [0.5, 0.6) is 0 Å². The maximum Gasteiger partial charge on any atom is 0.322 e. The number of benzene rings is 1. The molecular formula is C9H6ClFN2O. The predicted octanol–water partition coefficient (Wildman–Crippen LogP) is 1.62. The standard InChI is InChI=1S/C9H6ClFN2O/c10-7-1-2-8(11)6(3-7)5-13-9(14)4-12/h1-3H,5H2,(H,13,14). The maximum absolute atomic E-state index is 13.0. The van der Waals surface area contributed by atoms with Crippen molar-refractivity contribution in [1.29, 1.82) is 5.26 Å². The van der Waals surface area contributed by atoms with Crippen LogP contribution in [0.25, 0.3) is 0 Å². The molecule has 0 aliphatic carbocycles. The molecule has 0 unspecified atom stereocenters. The molecule has 72 valence electrons. The molecule has 1 N–H and O–H groups in total. The highest BCUT2D eigenvalue weighted by atomic mass is 35.5. The van der Waals surface area contributed by atoms with Crippen molar-refractivity contribution in [3.05, 3.63) is 34.6 Å². The number of hydrogen-bond donors (Lipinski definition) is 1. The summed E-state index contributed by atoms with van der Waals surface area (Å²) in [5.74, 6) is -1.27. The van der Waals surface area contributed by atoms with Crippen molar-refractivity contribution in [2.75, 3.05) is 0 Å². The van der Waals surface area contributed by atoms with Gasteiger partial charge in [0, 0.05) is 17.1 Å². The van der Waals surface area contributed by atoms with Crippen molar-refractivity contribution in [2.24, 2.45) is 0 Å². The van der Waals surface area contributed by atoms with E-state index in [4.69, 9.17) is 16.9 Å². The maximum atomic E-state index is 13.0. The average molecular weight is 213 g/mol. The fourth-order valence-corrected chi connectivity index (χ4v) is 1.09. The van der Waals surface area contributed by atoms with Crippen molar-refractivity contribution in [3.63, 3.8) is 0 Å². The van der Waals surface area contributed by atoms with E-state index in [1.807, 2.05) is 0 Å². The second-order valence-corrected chi connectivity index (χ2v) is 2.97. The molecule has 0 spiro atoms. The third-order valence-corrected chi connectivity index (χ3v) is 1.78. The monoisotopic (exact) mass is 212 g/mol. The summed E-state index contributed by atoms with van der Waals surface area (Å²) in [7, 11) is 0. The Morgan fingerprint density at radius 1 is 1.64 bits per heavy atom. The Morgan fingerprint density at radius 3 is 3.00 bits per heavy atom. The number of rotatable bonds is 2. The minimum atomic E-state index is -0.802. The zero-order valence-corrected chi connectivity index (χ0v) is 7.81. The third kappa shape index (κ3) is 2.71. The number of carbonyl (C=O) groups is 1. The van der Waals surface area contributed by atoms with Crippen LogP contribution in [-0.4, -0.2) is 5.91 Å². The molecule has 0 fully saturated rings. The van der Waals surface area contributed by atoms with Gasteiger partial charge in [0.2, 0.25) is 0 Å². The fraction of sp³-hybridized carbons (Fsp3) is 0.111. The summed E-state index contributed by atoms with van der Waals surface area (Å²) in [5, 5.41) is 10.8. The molecule has 0 saturated heterocycles. The molecule has 1 aromatic carbocycles. The SMILES string of the molecule is N#CC(=O)NCc1cc(Cl)ccc1F. The van der Waals surface area contributed by atoms with E-state index in [9.17, 15) is 9.18 Å². The molecule has 0 heterocycles. The smallest absolute Gasteiger partial charge is 0.322 e. The lowest BCUT2D eigenvalue weighted by atomic mass is 10.2. The molecular weight excluding hydrogens is 207 g/mol. The number of nitrogens with zero attached hydrogens (tertiary/aromatic N) is 1. The second kappa shape index (κ2) is 4.58. The normalized spacial score (nSPS) is 9.21. The van der Waals surface area contributed by atoms with Gasteiger partial charge >= 0.3 is 5.91 Å². The first-order chi connectivity index (χ1) is 6.63. The number of nitrogens with one attached hydrogen (secondary N) is 1. The van der Waals surface area contributed by atoms with E-state index in [0.717, 1.165) is 0 Å². The van der Waals surface area contributed by atoms with Gasteiger partial charge in [-0.05, 0) is 18.2 Å². The van der Waals surface area contributed by atoms with E-state index in [0.29, 0.717) is 5.02 Å². The van der Waals surface area contributed by atoms with Crippen LogP contribution in [0, 0.1) is 17.1 Å². The first kappa shape index (κ1) is 10.5. The summed E-state index contributed by atoms with van der Waals surface area (Å²) in [5.41, 5.74) is 0.251. The van der Waals surface area contributed by atoms with Crippen molar-refractivity contribution in [1.82, 2.24) is 5.32 Å². The number of amides is 1. The van der Waals surface area contributed by atoms with Crippen LogP contribution < -0.4 is 5.32 Å². The zero-order valence-electron chi connectivity index (χ0n) is 7.05. The van der Waals surface area contributed by atoms with E-state index in [2.05, 4.69) is 5.32 Å². The van der Waals surface area contributed by atoms with Crippen LogP contribution in [0.2, 0.25) is 5.02 Å². The molecule has 1 amide bonds. The molecule has 0 aliphatic heterocycles. The summed E-state index contributed by atoms with van der Waals surface area (Å²) in [6, 6.07) is 5.37. The van der Waals surface area contributed by atoms with Gasteiger partial charge < -0.3 is 5.32 Å². The summed E-state index contributed by atoms with van der Waals surface area (Å²) >= 11 is 5.62. The highest BCUT2D eigenvalue weighted by Crippen LogP contribution is 2.14. The molecule has 14 heavy (non-hydrogen) atoms. The molecule has 0 aromatic heterocycles. The zero-order chi connectivity index (χ0) is 10.6. The minimum absolute atomic E-state index is 0.0429. The van der Waals surface area contributed by atoms with Gasteiger partial charge in [0.05, 0.1) is 0 Å². The van der Waals surface area contributed by atoms with Gasteiger partial charge in [0.25, 0.3) is 0 Å². The molecule has 1 aromatic rings. The van der Waals surface area contributed by atoms with Gasteiger partial charge in [-0.25, -0.2) is 4.39 Å². The van der Waals surface area contributed by atoms with Gasteiger partial charge in [-0.15, -0.1) is 0 Å². The average Bonchev–Trinajstić information content (AvgIpc) is 2.19. The molecule has 0 aliphatic rings. The number of halogens is 2. The molecule has 0 saturated carbocycles. The van der Waals surface area contributed by atoms with E-state index >= 15 is 0 Å². The molecule has 1 rings (SSSR count). The Bertz CT molecular complexity index is 400. The molecule has 0 bridgehead atoms. The molecule has 3 nitrogen and oxygen atoms in total. The van der Waals surface area contributed by atoms with Crippen LogP contribution in [0.15, 0.2) is 18.2 Å². The van der Waals surface area contributed by atoms with Gasteiger partial charge in [0.15, 0.2) is 6.07 Å². The topological polar surface area (TPSA) is 52.9 Å². The van der Waals surface area contributed by atoms with Crippen LogP contribution in [0.3, 0.4) is 0 Å². The van der Waals surface area contributed by atoms with E-state index in [1.54, 1.807) is 0 Å². The fourth-order valence-electron chi connectivity index (χ4n) is 0.894. The van der Waals surface area contributed by atoms with E-state index in [1.165, 1.54) is 24.3 Å². The third-order valence-electron chi connectivity index (χ3n) is 1.55. The Labute approximate surface area is 85.1 Å². The van der Waals surface area contributed by atoms with Crippen LogP contribution in [0.1, 0.15) is 5.56 Å². The lowest BCUT2D eigenvalue weighted by molar-refractivity contribution is -0.116. The Morgan fingerprint density at radius 2 is 2.36 bits per heavy atom. The second-order valence-electron chi connectivity index (χ2n) is 2.53. The first-order valence-electron chi connectivity index (χ1n) is 3.75. The molecule has 5 heteroatoms. The number of carbonyl (C=O) groups excluding carboxylic acids is 1. The number of hydrogen-bond acceptors (Lipinski definition) is 2. The first-order valence-corrected chi connectivity index (χ1v) is 4.13.